The van der Waals surface area contributed by atoms with Crippen LogP contribution in [0.1, 0.15) is 12.6 Å². The molecule has 9 nitrogen and oxygen atoms in total. The third-order valence-corrected chi connectivity index (χ3v) is 5.03. The van der Waals surface area contributed by atoms with Crippen LogP contribution in [0.3, 0.4) is 0 Å². The molecule has 1 N–H and O–H groups in total. The van der Waals surface area contributed by atoms with Gasteiger partial charge < -0.3 is 19.4 Å². The van der Waals surface area contributed by atoms with E-state index in [0.717, 1.165) is 82.1 Å². The van der Waals surface area contributed by atoms with Crippen molar-refractivity contribution in [2.24, 2.45) is 0 Å². The van der Waals surface area contributed by atoms with E-state index in [1.54, 1.807) is 12.3 Å². The Morgan fingerprint density at radius 3 is 2.44 bits per heavy atom. The molecule has 0 unspecified atom stereocenters. The number of aromatic nitrogens is 4. The van der Waals surface area contributed by atoms with Crippen LogP contribution in [0, 0.1) is 0 Å². The molecular formula is C18H25N7O2. The Morgan fingerprint density at radius 1 is 1.00 bits per heavy atom. The Morgan fingerprint density at radius 2 is 1.74 bits per heavy atom. The van der Waals surface area contributed by atoms with Crippen molar-refractivity contribution in [1.82, 2.24) is 20.2 Å². The van der Waals surface area contributed by atoms with E-state index in [4.69, 9.17) is 14.7 Å². The first kappa shape index (κ1) is 17.7. The first-order valence-electron chi connectivity index (χ1n) is 9.48. The van der Waals surface area contributed by atoms with Gasteiger partial charge in [0.25, 0.3) is 5.56 Å². The number of H-pyrrole nitrogens is 1. The quantitative estimate of drug-likeness (QED) is 0.820. The lowest BCUT2D eigenvalue weighted by atomic mass is 10.2. The monoisotopic (exact) mass is 371 g/mol. The zero-order chi connectivity index (χ0) is 18.6. The van der Waals surface area contributed by atoms with Crippen LogP contribution in [-0.4, -0.2) is 72.6 Å². The first-order chi connectivity index (χ1) is 13.2. The second-order valence-electron chi connectivity index (χ2n) is 6.75. The number of rotatable bonds is 4. The highest BCUT2D eigenvalue weighted by molar-refractivity contribution is 5.50. The smallest absolute Gasteiger partial charge is 0.266 e. The predicted molar refractivity (Wildman–Crippen MR) is 104 cm³/mol. The fourth-order valence-electron chi connectivity index (χ4n) is 3.45. The molecule has 2 aromatic heterocycles. The molecule has 2 aromatic rings. The van der Waals surface area contributed by atoms with Crippen LogP contribution in [0.15, 0.2) is 23.1 Å². The second-order valence-corrected chi connectivity index (χ2v) is 6.75. The number of morpholine rings is 1. The normalized spacial score (nSPS) is 18.0. The SMILES string of the molecule is CCc1cc(N2CCN(c3cn[nH]c(=O)c3)CC2)nc(N2CCOCC2)n1. The minimum Gasteiger partial charge on any atom is -0.378 e. The predicted octanol–water partition coefficient (Wildman–Crippen LogP) is 0.286. The number of anilines is 3. The minimum absolute atomic E-state index is 0.173. The highest BCUT2D eigenvalue weighted by Crippen LogP contribution is 2.21. The van der Waals surface area contributed by atoms with Crippen molar-refractivity contribution in [2.75, 3.05) is 67.2 Å². The van der Waals surface area contributed by atoms with E-state index in [-0.39, 0.29) is 5.56 Å². The van der Waals surface area contributed by atoms with Gasteiger partial charge in [-0.25, -0.2) is 10.1 Å². The molecule has 2 saturated heterocycles. The summed E-state index contributed by atoms with van der Waals surface area (Å²) in [5.41, 5.74) is 1.75. The molecule has 0 spiro atoms. The molecular weight excluding hydrogens is 346 g/mol. The zero-order valence-electron chi connectivity index (χ0n) is 15.6. The second kappa shape index (κ2) is 7.91. The summed E-state index contributed by atoms with van der Waals surface area (Å²) in [5, 5.41) is 6.32. The van der Waals surface area contributed by atoms with Crippen LogP contribution >= 0.6 is 0 Å². The Kier molecular flexibility index (Phi) is 5.19. The van der Waals surface area contributed by atoms with Gasteiger partial charge >= 0.3 is 0 Å². The lowest BCUT2D eigenvalue weighted by Gasteiger charge is -2.37. The molecule has 9 heteroatoms. The number of ether oxygens (including phenoxy) is 1. The topological polar surface area (TPSA) is 90.5 Å². The molecule has 0 amide bonds. The molecule has 4 rings (SSSR count). The standard InChI is InChI=1S/C18H25N7O2/c1-2-14-11-16(21-18(20-14)25-7-9-27-10-8-25)24-5-3-23(4-6-24)15-12-17(26)22-19-13-15/h11-13H,2-10H2,1H3,(H,22,26). The van der Waals surface area contributed by atoms with Gasteiger partial charge in [-0.15, -0.1) is 0 Å². The number of aryl methyl sites for hydroxylation is 1. The van der Waals surface area contributed by atoms with E-state index >= 15 is 0 Å². The number of hydrogen-bond acceptors (Lipinski definition) is 8. The molecule has 0 aliphatic carbocycles. The summed E-state index contributed by atoms with van der Waals surface area (Å²) in [7, 11) is 0. The summed E-state index contributed by atoms with van der Waals surface area (Å²) >= 11 is 0. The summed E-state index contributed by atoms with van der Waals surface area (Å²) < 4.78 is 5.44. The van der Waals surface area contributed by atoms with E-state index < -0.39 is 0 Å². The molecule has 2 fully saturated rings. The largest absolute Gasteiger partial charge is 0.378 e. The highest BCUT2D eigenvalue weighted by Gasteiger charge is 2.22. The van der Waals surface area contributed by atoms with Crippen LogP contribution in [0.2, 0.25) is 0 Å². The van der Waals surface area contributed by atoms with Gasteiger partial charge in [0.15, 0.2) is 0 Å². The van der Waals surface area contributed by atoms with E-state index in [9.17, 15) is 4.79 Å². The lowest BCUT2D eigenvalue weighted by molar-refractivity contribution is 0.122. The maximum atomic E-state index is 11.5. The third-order valence-electron chi connectivity index (χ3n) is 5.03. The van der Waals surface area contributed by atoms with Crippen LogP contribution in [0.5, 0.6) is 0 Å². The minimum atomic E-state index is -0.173. The molecule has 2 aliphatic heterocycles. The maximum absolute atomic E-state index is 11.5. The van der Waals surface area contributed by atoms with Gasteiger partial charge in [-0.1, -0.05) is 6.92 Å². The first-order valence-corrected chi connectivity index (χ1v) is 9.48. The summed E-state index contributed by atoms with van der Waals surface area (Å²) in [6, 6.07) is 3.69. The van der Waals surface area contributed by atoms with Crippen LogP contribution < -0.4 is 20.3 Å². The molecule has 27 heavy (non-hydrogen) atoms. The fourth-order valence-corrected chi connectivity index (χ4v) is 3.45. The van der Waals surface area contributed by atoms with Gasteiger partial charge in [-0.2, -0.15) is 10.1 Å². The van der Waals surface area contributed by atoms with Crippen molar-refractivity contribution in [2.45, 2.75) is 13.3 Å². The van der Waals surface area contributed by atoms with Crippen LogP contribution in [-0.2, 0) is 11.2 Å². The summed E-state index contributed by atoms with van der Waals surface area (Å²) in [4.78, 5) is 27.7. The molecule has 0 bridgehead atoms. The fraction of sp³-hybridized carbons (Fsp3) is 0.556. The summed E-state index contributed by atoms with van der Waals surface area (Å²) in [6.07, 6.45) is 2.58. The summed E-state index contributed by atoms with van der Waals surface area (Å²) in [5.74, 6) is 1.78. The Bertz CT molecular complexity index is 826. The van der Waals surface area contributed by atoms with E-state index in [1.807, 2.05) is 0 Å². The van der Waals surface area contributed by atoms with Crippen molar-refractivity contribution in [3.8, 4) is 0 Å². The Labute approximate surface area is 158 Å². The van der Waals surface area contributed by atoms with E-state index in [0.29, 0.717) is 0 Å². The van der Waals surface area contributed by atoms with Gasteiger partial charge in [-0.3, -0.25) is 4.79 Å². The van der Waals surface area contributed by atoms with Gasteiger partial charge in [-0.05, 0) is 6.42 Å². The molecule has 0 radical (unpaired) electrons. The van der Waals surface area contributed by atoms with Crippen LogP contribution in [0.25, 0.3) is 0 Å². The zero-order valence-corrected chi connectivity index (χ0v) is 15.6. The number of nitrogens with one attached hydrogen (secondary N) is 1. The van der Waals surface area contributed by atoms with Gasteiger partial charge in [0.1, 0.15) is 5.82 Å². The van der Waals surface area contributed by atoms with Crippen LogP contribution in [0.4, 0.5) is 17.5 Å². The average molecular weight is 371 g/mol. The van der Waals surface area contributed by atoms with Crippen molar-refractivity contribution in [3.05, 3.63) is 34.4 Å². The number of piperazine rings is 1. The van der Waals surface area contributed by atoms with E-state index in [2.05, 4.69) is 37.9 Å². The third kappa shape index (κ3) is 4.02. The number of aromatic amines is 1. The van der Waals surface area contributed by atoms with Gasteiger partial charge in [0.2, 0.25) is 5.95 Å². The Balaban J connectivity index is 1.49. The maximum Gasteiger partial charge on any atom is 0.266 e. The van der Waals surface area contributed by atoms with E-state index in [1.165, 1.54) is 0 Å². The molecule has 0 saturated carbocycles. The highest BCUT2D eigenvalue weighted by atomic mass is 16.5. The van der Waals surface area contributed by atoms with Crippen molar-refractivity contribution < 1.29 is 4.74 Å². The average Bonchev–Trinajstić information content (AvgIpc) is 2.74. The summed E-state index contributed by atoms with van der Waals surface area (Å²) in [6.45, 7) is 8.55. The van der Waals surface area contributed by atoms with Gasteiger partial charge in [0.05, 0.1) is 25.1 Å². The van der Waals surface area contributed by atoms with Crippen molar-refractivity contribution in [1.29, 1.82) is 0 Å². The number of hydrogen-bond donors (Lipinski definition) is 1. The number of nitrogens with zero attached hydrogens (tertiary/aromatic N) is 6. The molecule has 144 valence electrons. The van der Waals surface area contributed by atoms with Gasteiger partial charge in [0, 0.05) is 57.1 Å². The lowest BCUT2D eigenvalue weighted by Crippen LogP contribution is -2.47. The van der Waals surface area contributed by atoms with Crippen molar-refractivity contribution in [3.63, 3.8) is 0 Å². The molecule has 0 aromatic carbocycles. The molecule has 4 heterocycles. The van der Waals surface area contributed by atoms with Crippen molar-refractivity contribution >= 4 is 17.5 Å². The molecule has 0 atom stereocenters. The Hall–Kier alpha value is -2.68. The molecule has 2 aliphatic rings.